The van der Waals surface area contributed by atoms with Gasteiger partial charge in [0.25, 0.3) is 0 Å². The van der Waals surface area contributed by atoms with Crippen LogP contribution in [0.25, 0.3) is 0 Å². The normalized spacial score (nSPS) is 9.12. The summed E-state index contributed by atoms with van der Waals surface area (Å²) in [5.74, 6) is 0. The monoisotopic (exact) mass is 106 g/mol. The summed E-state index contributed by atoms with van der Waals surface area (Å²) in [6, 6.07) is 4.17. The Balaban J connectivity index is 3.03. The highest BCUT2D eigenvalue weighted by Crippen LogP contribution is 1.87. The molecule has 1 nitrogen and oxygen atoms in total. The van der Waals surface area contributed by atoms with E-state index in [4.69, 9.17) is 0 Å². The molecular weight excluding hydrogens is 96.9 g/mol. The predicted molar refractivity (Wildman–Crippen MR) is 35.3 cm³/mol. The number of nitrogens with zero attached hydrogens (tertiary/aromatic N) is 1. The maximum atomic E-state index is 2.08. The molecule has 0 radical (unpaired) electrons. The van der Waals surface area contributed by atoms with Gasteiger partial charge in [-0.2, -0.15) is 0 Å². The molecule has 1 aromatic rings. The van der Waals surface area contributed by atoms with E-state index in [1.807, 2.05) is 24.9 Å². The number of hydrogen-bond donors (Lipinski definition) is 0. The van der Waals surface area contributed by atoms with E-state index < -0.39 is 0 Å². The molecule has 0 amide bonds. The van der Waals surface area contributed by atoms with Crippen molar-refractivity contribution in [1.29, 1.82) is 0 Å². The molecule has 0 aromatic carbocycles. The number of aromatic nitrogens is 1. The Morgan fingerprint density at radius 2 is 1.88 bits per heavy atom. The average molecular weight is 106 g/mol. The minimum Gasteiger partial charge on any atom is -0.297 e. The quantitative estimate of drug-likeness (QED) is 0.399. The summed E-state index contributed by atoms with van der Waals surface area (Å²) in [7, 11) is 2.01. The van der Waals surface area contributed by atoms with Crippen molar-refractivity contribution in [3.8, 4) is 0 Å². The molecule has 1 rings (SSSR count). The van der Waals surface area contributed by atoms with Gasteiger partial charge in [0.15, 0.2) is 0 Å². The Hall–Kier alpha value is -0.785. The summed E-state index contributed by atoms with van der Waals surface area (Å²) in [6.07, 6.45) is 4.07. The van der Waals surface area contributed by atoms with Gasteiger partial charge in [0, 0.05) is 12.1 Å². The average Bonchev–Trinajstić information content (AvgIpc) is 1.77. The second-order valence-corrected chi connectivity index (χ2v) is 2.04. The van der Waals surface area contributed by atoms with Crippen molar-refractivity contribution in [3.63, 3.8) is 0 Å². The Kier molecular flexibility index (Phi) is 1.33. The molecular formula is C6H9BN+. The van der Waals surface area contributed by atoms with Crippen molar-refractivity contribution in [2.45, 2.75) is 6.92 Å². The molecule has 0 saturated carbocycles. The minimum atomic E-state index is 1.31. The van der Waals surface area contributed by atoms with Crippen LogP contribution in [0.4, 0.5) is 0 Å². The van der Waals surface area contributed by atoms with Crippen molar-refractivity contribution >= 4 is 7.98 Å². The fraction of sp³-hybridized carbons (Fsp3) is 0.167. The van der Waals surface area contributed by atoms with E-state index in [2.05, 4.69) is 19.1 Å². The Labute approximate surface area is 50.4 Å². The molecule has 0 aliphatic rings. The number of rotatable bonds is 0. The number of pyridine rings is 1. The lowest BCUT2D eigenvalue weighted by atomic mass is 10.3. The van der Waals surface area contributed by atoms with Crippen molar-refractivity contribution in [2.75, 3.05) is 0 Å². The van der Waals surface area contributed by atoms with Crippen molar-refractivity contribution in [2.24, 2.45) is 0 Å². The first-order valence-electron chi connectivity index (χ1n) is 2.71. The number of hydrogen-bond acceptors (Lipinski definition) is 0. The molecule has 0 fully saturated rings. The lowest BCUT2D eigenvalue weighted by Gasteiger charge is -1.86. The molecule has 0 saturated heterocycles. The van der Waals surface area contributed by atoms with Crippen molar-refractivity contribution in [3.05, 3.63) is 30.1 Å². The van der Waals surface area contributed by atoms with Gasteiger partial charge in [-0.15, -0.1) is 0 Å². The lowest BCUT2D eigenvalue weighted by molar-refractivity contribution is -0.521. The first-order valence-corrected chi connectivity index (χ1v) is 2.71. The number of aryl methyl sites for hydroxylation is 1. The molecule has 0 atom stereocenters. The second-order valence-electron chi connectivity index (χ2n) is 2.04. The summed E-state index contributed by atoms with van der Waals surface area (Å²) in [4.78, 5) is 0. The van der Waals surface area contributed by atoms with Crippen LogP contribution in [0.2, 0.25) is 0 Å². The molecule has 0 spiro atoms. The van der Waals surface area contributed by atoms with Gasteiger partial charge >= 0.3 is 7.98 Å². The van der Waals surface area contributed by atoms with Crippen LogP contribution < -0.4 is 4.48 Å². The largest absolute Gasteiger partial charge is 0.455 e. The molecule has 0 unspecified atom stereocenters. The van der Waals surface area contributed by atoms with Crippen LogP contribution in [0.1, 0.15) is 5.56 Å². The van der Waals surface area contributed by atoms with E-state index in [1.165, 1.54) is 5.56 Å². The molecule has 1 heterocycles. The smallest absolute Gasteiger partial charge is 0.297 e. The molecule has 0 bridgehead atoms. The van der Waals surface area contributed by atoms with E-state index in [1.54, 1.807) is 0 Å². The van der Waals surface area contributed by atoms with Gasteiger partial charge in [0.1, 0.15) is 12.4 Å². The van der Waals surface area contributed by atoms with Crippen LogP contribution in [0.15, 0.2) is 24.5 Å². The highest BCUT2D eigenvalue weighted by molar-refractivity contribution is 5.94. The Morgan fingerprint density at radius 1 is 1.38 bits per heavy atom. The zero-order chi connectivity index (χ0) is 5.98. The summed E-state index contributed by atoms with van der Waals surface area (Å²) < 4.78 is 2.02. The van der Waals surface area contributed by atoms with E-state index in [0.717, 1.165) is 0 Å². The van der Waals surface area contributed by atoms with E-state index >= 15 is 0 Å². The summed E-state index contributed by atoms with van der Waals surface area (Å²) in [5, 5.41) is 0. The van der Waals surface area contributed by atoms with Crippen LogP contribution in [0, 0.1) is 6.92 Å². The first kappa shape index (κ1) is 5.35. The van der Waals surface area contributed by atoms with Gasteiger partial charge in [-0.1, -0.05) is 0 Å². The predicted octanol–water partition coefficient (Wildman–Crippen LogP) is -0.321. The van der Waals surface area contributed by atoms with Gasteiger partial charge in [-0.3, -0.25) is 4.48 Å². The zero-order valence-electron chi connectivity index (χ0n) is 5.26. The first-order chi connectivity index (χ1) is 3.79. The minimum absolute atomic E-state index is 1.31. The second kappa shape index (κ2) is 1.99. The maximum Gasteiger partial charge on any atom is 0.455 e. The lowest BCUT2D eigenvalue weighted by Crippen LogP contribution is -2.29. The van der Waals surface area contributed by atoms with Gasteiger partial charge in [0.2, 0.25) is 0 Å². The standard InChI is InChI=1S/C6H9BN/c1-6-2-4-8(7)5-3-6/h2-5H,7H2,1H3/q+1. The summed E-state index contributed by atoms with van der Waals surface area (Å²) in [6.45, 7) is 2.08. The highest BCUT2D eigenvalue weighted by atomic mass is 14.8. The maximum absolute atomic E-state index is 2.08. The van der Waals surface area contributed by atoms with Gasteiger partial charge < -0.3 is 0 Å². The van der Waals surface area contributed by atoms with Crippen molar-refractivity contribution < 1.29 is 4.48 Å². The summed E-state index contributed by atoms with van der Waals surface area (Å²) >= 11 is 0. The molecule has 0 aliphatic heterocycles. The molecule has 8 heavy (non-hydrogen) atoms. The highest BCUT2D eigenvalue weighted by Gasteiger charge is 1.85. The zero-order valence-corrected chi connectivity index (χ0v) is 5.26. The SMILES string of the molecule is B[n+]1ccc(C)cc1. The third kappa shape index (κ3) is 1.09. The fourth-order valence-corrected chi connectivity index (χ4v) is 0.576. The van der Waals surface area contributed by atoms with E-state index in [0.29, 0.717) is 0 Å². The topological polar surface area (TPSA) is 3.88 Å². The fourth-order valence-electron chi connectivity index (χ4n) is 0.576. The van der Waals surface area contributed by atoms with E-state index in [9.17, 15) is 0 Å². The molecule has 1 aromatic heterocycles. The third-order valence-corrected chi connectivity index (χ3v) is 1.15. The molecule has 40 valence electrons. The molecule has 0 aliphatic carbocycles. The molecule has 2 heteroatoms. The Morgan fingerprint density at radius 3 is 2.25 bits per heavy atom. The van der Waals surface area contributed by atoms with Crippen LogP contribution in [0.5, 0.6) is 0 Å². The van der Waals surface area contributed by atoms with Gasteiger partial charge in [0.05, 0.1) is 0 Å². The van der Waals surface area contributed by atoms with Gasteiger partial charge in [-0.05, 0) is 12.5 Å². The van der Waals surface area contributed by atoms with Gasteiger partial charge in [-0.25, -0.2) is 0 Å². The van der Waals surface area contributed by atoms with Crippen LogP contribution in [-0.4, -0.2) is 7.98 Å². The Bertz CT molecular complexity index is 147. The van der Waals surface area contributed by atoms with Crippen molar-refractivity contribution in [1.82, 2.24) is 0 Å². The van der Waals surface area contributed by atoms with Crippen LogP contribution in [-0.2, 0) is 0 Å². The van der Waals surface area contributed by atoms with Crippen LogP contribution in [0.3, 0.4) is 0 Å². The van der Waals surface area contributed by atoms with Crippen LogP contribution >= 0.6 is 0 Å². The third-order valence-electron chi connectivity index (χ3n) is 1.15. The summed E-state index contributed by atoms with van der Waals surface area (Å²) in [5.41, 5.74) is 1.31. The van der Waals surface area contributed by atoms with E-state index in [-0.39, 0.29) is 0 Å². The molecule has 0 N–H and O–H groups in total.